The van der Waals surface area contributed by atoms with Gasteiger partial charge in [-0.2, -0.15) is 9.40 Å². The monoisotopic (exact) mass is 308 g/mol. The lowest BCUT2D eigenvalue weighted by molar-refractivity contribution is 0.405. The van der Waals surface area contributed by atoms with Gasteiger partial charge in [-0.1, -0.05) is 19.1 Å². The molecule has 0 saturated heterocycles. The van der Waals surface area contributed by atoms with Crippen LogP contribution in [-0.4, -0.2) is 29.5 Å². The maximum absolute atomic E-state index is 12.7. The van der Waals surface area contributed by atoms with Crippen LogP contribution in [0.2, 0.25) is 0 Å². The summed E-state index contributed by atoms with van der Waals surface area (Å²) < 4.78 is 26.9. The van der Waals surface area contributed by atoms with Gasteiger partial charge in [0.1, 0.15) is 4.90 Å². The molecule has 0 unspecified atom stereocenters. The van der Waals surface area contributed by atoms with Crippen LogP contribution in [0.25, 0.3) is 0 Å². The van der Waals surface area contributed by atoms with Gasteiger partial charge >= 0.3 is 0 Å². The molecule has 0 aliphatic heterocycles. The lowest BCUT2D eigenvalue weighted by Crippen LogP contribution is -2.31. The summed E-state index contributed by atoms with van der Waals surface area (Å²) in [6.07, 6.45) is 2.09. The summed E-state index contributed by atoms with van der Waals surface area (Å²) in [5, 5.41) is 6.47. The second kappa shape index (κ2) is 6.28. The molecule has 0 bridgehead atoms. The minimum atomic E-state index is -3.56. The van der Waals surface area contributed by atoms with Crippen LogP contribution in [0.3, 0.4) is 0 Å². The van der Waals surface area contributed by atoms with E-state index in [1.807, 2.05) is 19.1 Å². The first-order valence-electron chi connectivity index (χ1n) is 6.79. The highest BCUT2D eigenvalue weighted by molar-refractivity contribution is 7.89. The van der Waals surface area contributed by atoms with Gasteiger partial charge in [-0.05, 0) is 31.0 Å². The Kier molecular flexibility index (Phi) is 4.64. The molecule has 0 atom stereocenters. The van der Waals surface area contributed by atoms with E-state index in [2.05, 4.69) is 10.2 Å². The highest BCUT2D eigenvalue weighted by Gasteiger charge is 2.26. The van der Waals surface area contributed by atoms with Gasteiger partial charge < -0.3 is 5.73 Å². The summed E-state index contributed by atoms with van der Waals surface area (Å²) in [5.41, 5.74) is 7.79. The molecule has 7 heteroatoms. The molecule has 2 rings (SSSR count). The fourth-order valence-electron chi connectivity index (χ4n) is 2.17. The van der Waals surface area contributed by atoms with Gasteiger partial charge in [0, 0.05) is 18.8 Å². The van der Waals surface area contributed by atoms with E-state index < -0.39 is 10.0 Å². The van der Waals surface area contributed by atoms with Crippen molar-refractivity contribution >= 4 is 15.7 Å². The molecule has 0 spiro atoms. The number of sulfonamides is 1. The first-order valence-corrected chi connectivity index (χ1v) is 8.23. The van der Waals surface area contributed by atoms with Crippen molar-refractivity contribution in [3.05, 3.63) is 41.7 Å². The third kappa shape index (κ3) is 3.43. The Labute approximate surface area is 125 Å². The molecule has 2 aromatic rings. The molecule has 6 nitrogen and oxygen atoms in total. The van der Waals surface area contributed by atoms with Crippen molar-refractivity contribution in [1.82, 2.24) is 14.5 Å². The third-order valence-corrected chi connectivity index (χ3v) is 5.14. The first kappa shape index (κ1) is 15.5. The first-order chi connectivity index (χ1) is 9.95. The number of nitrogen functional groups attached to an aromatic ring is 1. The number of nitrogens with zero attached hydrogens (tertiary/aromatic N) is 2. The molecular weight excluding hydrogens is 288 g/mol. The van der Waals surface area contributed by atoms with E-state index >= 15 is 0 Å². The van der Waals surface area contributed by atoms with Crippen LogP contribution in [0.15, 0.2) is 35.4 Å². The summed E-state index contributed by atoms with van der Waals surface area (Å²) in [6.45, 7) is 4.39. The summed E-state index contributed by atoms with van der Waals surface area (Å²) in [5.74, 6) is 0. The Hall–Kier alpha value is -1.86. The smallest absolute Gasteiger partial charge is 0.246 e. The normalized spacial score (nSPS) is 12.0. The topological polar surface area (TPSA) is 92.1 Å². The molecule has 0 aliphatic carbocycles. The predicted molar refractivity (Wildman–Crippen MR) is 82.1 cm³/mol. The number of hydrogen-bond acceptors (Lipinski definition) is 4. The largest absolute Gasteiger partial charge is 0.399 e. The maximum Gasteiger partial charge on any atom is 0.246 e. The molecule has 1 aromatic heterocycles. The Balaban J connectivity index is 2.33. The molecule has 0 saturated carbocycles. The summed E-state index contributed by atoms with van der Waals surface area (Å²) in [4.78, 5) is 0.222. The Morgan fingerprint density at radius 1 is 1.38 bits per heavy atom. The number of nitrogens with two attached hydrogens (primary N) is 1. The SMILES string of the molecule is CCCN(Cc1cccc(N)c1)S(=O)(=O)c1cn[nH]c1C. The quantitative estimate of drug-likeness (QED) is 0.797. The van der Waals surface area contributed by atoms with E-state index in [4.69, 9.17) is 5.73 Å². The standard InChI is InChI=1S/C14H20N4O2S/c1-3-7-18(10-12-5-4-6-13(15)8-12)21(19,20)14-9-16-17-11(14)2/h4-6,8-9H,3,7,10,15H2,1-2H3,(H,16,17). The zero-order valence-corrected chi connectivity index (χ0v) is 13.0. The average molecular weight is 308 g/mol. The van der Waals surface area contributed by atoms with Gasteiger partial charge in [0.15, 0.2) is 0 Å². The number of anilines is 1. The fourth-order valence-corrected chi connectivity index (χ4v) is 3.81. The highest BCUT2D eigenvalue weighted by Crippen LogP contribution is 2.21. The number of aromatic nitrogens is 2. The molecule has 0 radical (unpaired) electrons. The molecule has 1 heterocycles. The number of nitrogens with one attached hydrogen (secondary N) is 1. The van der Waals surface area contributed by atoms with E-state index in [1.54, 1.807) is 19.1 Å². The van der Waals surface area contributed by atoms with Crippen LogP contribution >= 0.6 is 0 Å². The molecule has 21 heavy (non-hydrogen) atoms. The van der Waals surface area contributed by atoms with Crippen LogP contribution in [0.1, 0.15) is 24.6 Å². The Morgan fingerprint density at radius 3 is 2.71 bits per heavy atom. The van der Waals surface area contributed by atoms with E-state index in [-0.39, 0.29) is 4.90 Å². The molecule has 0 aliphatic rings. The molecule has 3 N–H and O–H groups in total. The van der Waals surface area contributed by atoms with Gasteiger partial charge in [0.2, 0.25) is 10.0 Å². The number of hydrogen-bond donors (Lipinski definition) is 2. The highest BCUT2D eigenvalue weighted by atomic mass is 32.2. The number of aryl methyl sites for hydroxylation is 1. The van der Waals surface area contributed by atoms with Gasteiger partial charge in [0.05, 0.1) is 11.9 Å². The van der Waals surface area contributed by atoms with Crippen LogP contribution in [-0.2, 0) is 16.6 Å². The number of benzene rings is 1. The molecular formula is C14H20N4O2S. The second-order valence-electron chi connectivity index (χ2n) is 4.94. The van der Waals surface area contributed by atoms with E-state index in [9.17, 15) is 8.42 Å². The van der Waals surface area contributed by atoms with Crippen LogP contribution in [0.5, 0.6) is 0 Å². The fraction of sp³-hybridized carbons (Fsp3) is 0.357. The van der Waals surface area contributed by atoms with E-state index in [0.717, 1.165) is 12.0 Å². The lowest BCUT2D eigenvalue weighted by Gasteiger charge is -2.21. The molecule has 114 valence electrons. The third-order valence-electron chi connectivity index (χ3n) is 3.18. The van der Waals surface area contributed by atoms with Gasteiger partial charge in [-0.25, -0.2) is 8.42 Å². The van der Waals surface area contributed by atoms with Crippen LogP contribution in [0, 0.1) is 6.92 Å². The van der Waals surface area contributed by atoms with E-state index in [0.29, 0.717) is 24.5 Å². The summed E-state index contributed by atoms with van der Waals surface area (Å²) in [7, 11) is -3.56. The van der Waals surface area contributed by atoms with Gasteiger partial charge in [0.25, 0.3) is 0 Å². The Morgan fingerprint density at radius 2 is 2.14 bits per heavy atom. The van der Waals surface area contributed by atoms with Crippen molar-refractivity contribution in [2.24, 2.45) is 0 Å². The van der Waals surface area contributed by atoms with Gasteiger partial charge in [-0.15, -0.1) is 0 Å². The predicted octanol–water partition coefficient (Wildman–Crippen LogP) is 1.90. The average Bonchev–Trinajstić information content (AvgIpc) is 2.85. The van der Waals surface area contributed by atoms with Crippen molar-refractivity contribution in [1.29, 1.82) is 0 Å². The molecule has 0 amide bonds. The number of aromatic amines is 1. The summed E-state index contributed by atoms with van der Waals surface area (Å²) >= 11 is 0. The zero-order valence-electron chi connectivity index (χ0n) is 12.2. The number of rotatable bonds is 6. The molecule has 0 fully saturated rings. The minimum absolute atomic E-state index is 0.222. The van der Waals surface area contributed by atoms with E-state index in [1.165, 1.54) is 10.5 Å². The minimum Gasteiger partial charge on any atom is -0.399 e. The van der Waals surface area contributed by atoms with Crippen molar-refractivity contribution in [2.45, 2.75) is 31.7 Å². The van der Waals surface area contributed by atoms with Crippen molar-refractivity contribution in [3.8, 4) is 0 Å². The van der Waals surface area contributed by atoms with Crippen molar-refractivity contribution < 1.29 is 8.42 Å². The Bertz CT molecular complexity index is 709. The summed E-state index contributed by atoms with van der Waals surface area (Å²) in [6, 6.07) is 7.27. The number of H-pyrrole nitrogens is 1. The van der Waals surface area contributed by atoms with Crippen LogP contribution < -0.4 is 5.73 Å². The lowest BCUT2D eigenvalue weighted by atomic mass is 10.2. The van der Waals surface area contributed by atoms with Crippen molar-refractivity contribution in [3.63, 3.8) is 0 Å². The zero-order chi connectivity index (χ0) is 15.5. The second-order valence-corrected chi connectivity index (χ2v) is 6.85. The maximum atomic E-state index is 12.7. The molecule has 1 aromatic carbocycles. The van der Waals surface area contributed by atoms with Crippen LogP contribution in [0.4, 0.5) is 5.69 Å². The van der Waals surface area contributed by atoms with Crippen molar-refractivity contribution in [2.75, 3.05) is 12.3 Å². The van der Waals surface area contributed by atoms with Gasteiger partial charge in [-0.3, -0.25) is 5.10 Å².